The fourth-order valence-corrected chi connectivity index (χ4v) is 3.63. The minimum atomic E-state index is -0.365. The third kappa shape index (κ3) is 4.14. The van der Waals surface area contributed by atoms with E-state index in [1.54, 1.807) is 7.11 Å². The number of ether oxygens (including phenoxy) is 4. The third-order valence-electron chi connectivity index (χ3n) is 4.90. The van der Waals surface area contributed by atoms with Gasteiger partial charge in [0.2, 0.25) is 5.91 Å². The third-order valence-corrected chi connectivity index (χ3v) is 4.90. The lowest BCUT2D eigenvalue weighted by Crippen LogP contribution is -2.60. The standard InChI is InChI=1S/C19H27NO5/c1-3-23-12-17-11-19(14-25-17)13-24-8-7-20(19)18(21)10-15-5-4-6-16(9-15)22-2/h4-6,9,17H,3,7-8,10-14H2,1-2H3/t17-,19-/m0/s1. The SMILES string of the molecule is CCOC[C@@H]1C[C@]2(COCCN2C(=O)Cc2cccc(OC)c2)CO1. The van der Waals surface area contributed by atoms with Gasteiger partial charge in [0.05, 0.1) is 51.6 Å². The Bertz CT molecular complexity index is 593. The Balaban J connectivity index is 1.69. The summed E-state index contributed by atoms with van der Waals surface area (Å²) in [5.41, 5.74) is 0.589. The van der Waals surface area contributed by atoms with E-state index in [4.69, 9.17) is 18.9 Å². The first kappa shape index (κ1) is 18.2. The molecule has 25 heavy (non-hydrogen) atoms. The predicted molar refractivity (Wildman–Crippen MR) is 92.8 cm³/mol. The molecule has 0 saturated carbocycles. The number of benzene rings is 1. The van der Waals surface area contributed by atoms with Gasteiger partial charge < -0.3 is 23.8 Å². The number of carbonyl (C=O) groups is 1. The van der Waals surface area contributed by atoms with Crippen LogP contribution >= 0.6 is 0 Å². The largest absolute Gasteiger partial charge is 0.497 e. The van der Waals surface area contributed by atoms with Crippen LogP contribution in [0.1, 0.15) is 18.9 Å². The average molecular weight is 349 g/mol. The molecule has 1 aromatic carbocycles. The molecule has 138 valence electrons. The highest BCUT2D eigenvalue weighted by atomic mass is 16.5. The van der Waals surface area contributed by atoms with Gasteiger partial charge in [0.1, 0.15) is 5.75 Å². The summed E-state index contributed by atoms with van der Waals surface area (Å²) in [7, 11) is 1.63. The van der Waals surface area contributed by atoms with E-state index in [9.17, 15) is 4.79 Å². The summed E-state index contributed by atoms with van der Waals surface area (Å²) < 4.78 is 22.3. The maximum Gasteiger partial charge on any atom is 0.227 e. The lowest BCUT2D eigenvalue weighted by Gasteiger charge is -2.43. The Morgan fingerprint density at radius 2 is 2.28 bits per heavy atom. The normalized spacial score (nSPS) is 26.2. The van der Waals surface area contributed by atoms with Crippen molar-refractivity contribution in [2.24, 2.45) is 0 Å². The van der Waals surface area contributed by atoms with E-state index in [2.05, 4.69) is 0 Å². The molecule has 0 N–H and O–H groups in total. The fraction of sp³-hybridized carbons (Fsp3) is 0.632. The van der Waals surface area contributed by atoms with Gasteiger partial charge >= 0.3 is 0 Å². The van der Waals surface area contributed by atoms with Crippen LogP contribution in [-0.4, -0.2) is 69.1 Å². The van der Waals surface area contributed by atoms with Crippen molar-refractivity contribution in [2.75, 3.05) is 46.7 Å². The number of nitrogens with zero attached hydrogens (tertiary/aromatic N) is 1. The molecule has 2 fully saturated rings. The van der Waals surface area contributed by atoms with Crippen LogP contribution in [0, 0.1) is 0 Å². The Hall–Kier alpha value is -1.63. The van der Waals surface area contributed by atoms with Crippen LogP contribution in [0.15, 0.2) is 24.3 Å². The van der Waals surface area contributed by atoms with E-state index in [0.717, 1.165) is 17.7 Å². The zero-order valence-electron chi connectivity index (χ0n) is 15.0. The van der Waals surface area contributed by atoms with E-state index < -0.39 is 0 Å². The summed E-state index contributed by atoms with van der Waals surface area (Å²) in [6, 6.07) is 7.66. The molecule has 0 unspecified atom stereocenters. The number of amides is 1. The second-order valence-electron chi connectivity index (χ2n) is 6.65. The summed E-state index contributed by atoms with van der Waals surface area (Å²) in [6.45, 7) is 5.42. The Morgan fingerprint density at radius 3 is 3.08 bits per heavy atom. The quantitative estimate of drug-likeness (QED) is 0.782. The first-order valence-corrected chi connectivity index (χ1v) is 8.87. The van der Waals surface area contributed by atoms with Crippen LogP contribution in [0.3, 0.4) is 0 Å². The molecule has 6 nitrogen and oxygen atoms in total. The highest BCUT2D eigenvalue weighted by molar-refractivity contribution is 5.80. The molecule has 1 aromatic rings. The highest BCUT2D eigenvalue weighted by Crippen LogP contribution is 2.33. The van der Waals surface area contributed by atoms with Gasteiger partial charge in [-0.15, -0.1) is 0 Å². The zero-order valence-corrected chi connectivity index (χ0v) is 15.0. The van der Waals surface area contributed by atoms with Gasteiger partial charge in [-0.1, -0.05) is 12.1 Å². The molecule has 1 spiro atoms. The molecule has 0 radical (unpaired) electrons. The van der Waals surface area contributed by atoms with Crippen molar-refractivity contribution in [3.63, 3.8) is 0 Å². The monoisotopic (exact) mass is 349 g/mol. The van der Waals surface area contributed by atoms with Crippen molar-refractivity contribution in [2.45, 2.75) is 31.4 Å². The molecule has 2 saturated heterocycles. The number of methoxy groups -OCH3 is 1. The maximum atomic E-state index is 13.0. The van der Waals surface area contributed by atoms with Crippen molar-refractivity contribution in [1.82, 2.24) is 4.90 Å². The summed E-state index contributed by atoms with van der Waals surface area (Å²) in [4.78, 5) is 15.0. The van der Waals surface area contributed by atoms with E-state index in [1.165, 1.54) is 0 Å². The van der Waals surface area contributed by atoms with Crippen LogP contribution in [0.5, 0.6) is 5.75 Å². The first-order valence-electron chi connectivity index (χ1n) is 8.87. The van der Waals surface area contributed by atoms with Crippen LogP contribution in [0.4, 0.5) is 0 Å². The molecule has 2 heterocycles. The number of hydrogen-bond acceptors (Lipinski definition) is 5. The fourth-order valence-electron chi connectivity index (χ4n) is 3.63. The number of morpholine rings is 1. The number of carbonyl (C=O) groups excluding carboxylic acids is 1. The van der Waals surface area contributed by atoms with Crippen LogP contribution < -0.4 is 4.74 Å². The smallest absolute Gasteiger partial charge is 0.227 e. The van der Waals surface area contributed by atoms with Gasteiger partial charge in [0, 0.05) is 19.6 Å². The van der Waals surface area contributed by atoms with Gasteiger partial charge in [0.25, 0.3) is 0 Å². The van der Waals surface area contributed by atoms with E-state index >= 15 is 0 Å². The van der Waals surface area contributed by atoms with Gasteiger partial charge in [-0.3, -0.25) is 4.79 Å². The molecule has 0 aliphatic carbocycles. The number of hydrogen-bond donors (Lipinski definition) is 0. The van der Waals surface area contributed by atoms with Crippen molar-refractivity contribution >= 4 is 5.91 Å². The van der Waals surface area contributed by atoms with E-state index in [-0.39, 0.29) is 17.6 Å². The molecule has 0 aromatic heterocycles. The van der Waals surface area contributed by atoms with Crippen LogP contribution in [0.2, 0.25) is 0 Å². The molecule has 3 rings (SSSR count). The Morgan fingerprint density at radius 1 is 1.40 bits per heavy atom. The highest BCUT2D eigenvalue weighted by Gasteiger charge is 2.48. The molecule has 1 amide bonds. The Labute approximate surface area is 149 Å². The van der Waals surface area contributed by atoms with E-state index in [1.807, 2.05) is 36.1 Å². The number of rotatable bonds is 6. The summed E-state index contributed by atoms with van der Waals surface area (Å²) in [6.07, 6.45) is 1.14. The van der Waals surface area contributed by atoms with Crippen molar-refractivity contribution < 1.29 is 23.7 Å². The summed E-state index contributed by atoms with van der Waals surface area (Å²) >= 11 is 0. The second-order valence-corrected chi connectivity index (χ2v) is 6.65. The zero-order chi connectivity index (χ0) is 17.7. The summed E-state index contributed by atoms with van der Waals surface area (Å²) in [5.74, 6) is 0.875. The lowest BCUT2D eigenvalue weighted by molar-refractivity contribution is -0.148. The minimum Gasteiger partial charge on any atom is -0.497 e. The molecular weight excluding hydrogens is 322 g/mol. The van der Waals surface area contributed by atoms with Gasteiger partial charge in [-0.25, -0.2) is 0 Å². The molecule has 2 atom stereocenters. The molecule has 2 aliphatic heterocycles. The molecule has 0 bridgehead atoms. The lowest BCUT2D eigenvalue weighted by atomic mass is 9.92. The minimum absolute atomic E-state index is 0.0220. The van der Waals surface area contributed by atoms with Crippen molar-refractivity contribution in [1.29, 1.82) is 0 Å². The van der Waals surface area contributed by atoms with Crippen molar-refractivity contribution in [3.8, 4) is 5.75 Å². The second kappa shape index (κ2) is 8.17. The van der Waals surface area contributed by atoms with Crippen molar-refractivity contribution in [3.05, 3.63) is 29.8 Å². The topological polar surface area (TPSA) is 57.2 Å². The van der Waals surface area contributed by atoms with Crippen LogP contribution in [0.25, 0.3) is 0 Å². The predicted octanol–water partition coefficient (Wildman–Crippen LogP) is 1.66. The summed E-state index contributed by atoms with van der Waals surface area (Å²) in [5, 5.41) is 0. The van der Waals surface area contributed by atoms with Crippen LogP contribution in [-0.2, 0) is 25.4 Å². The van der Waals surface area contributed by atoms with Gasteiger partial charge in [0.15, 0.2) is 0 Å². The van der Waals surface area contributed by atoms with E-state index in [0.29, 0.717) is 46.0 Å². The van der Waals surface area contributed by atoms with Gasteiger partial charge in [-0.05, 0) is 24.6 Å². The molecular formula is C19H27NO5. The first-order chi connectivity index (χ1) is 12.2. The molecule has 6 heteroatoms. The molecule has 2 aliphatic rings. The van der Waals surface area contributed by atoms with Gasteiger partial charge in [-0.2, -0.15) is 0 Å². The average Bonchev–Trinajstić information content (AvgIpc) is 3.03. The Kier molecular flexibility index (Phi) is 5.93. The maximum absolute atomic E-state index is 13.0.